The highest BCUT2D eigenvalue weighted by molar-refractivity contribution is 7.19. The average molecular weight is 541 g/mol. The summed E-state index contributed by atoms with van der Waals surface area (Å²) in [6.07, 6.45) is 14.6. The Morgan fingerprint density at radius 2 is 1.76 bits per heavy atom. The molecule has 12 heteroatoms. The molecular formula is C26H40N10OS. The van der Waals surface area contributed by atoms with Gasteiger partial charge in [-0.05, 0) is 63.3 Å². The number of aromatic nitrogens is 5. The molecule has 38 heavy (non-hydrogen) atoms. The summed E-state index contributed by atoms with van der Waals surface area (Å²) >= 11 is 1.42. The van der Waals surface area contributed by atoms with Crippen molar-refractivity contribution < 1.29 is 4.79 Å². The highest BCUT2D eigenvalue weighted by Crippen LogP contribution is 2.51. The topological polar surface area (TPSA) is 115 Å². The Kier molecular flexibility index (Phi) is 7.71. The van der Waals surface area contributed by atoms with Crippen molar-refractivity contribution in [2.75, 3.05) is 61.8 Å². The summed E-state index contributed by atoms with van der Waals surface area (Å²) in [5.74, 6) is 1.29. The van der Waals surface area contributed by atoms with Gasteiger partial charge >= 0.3 is 0 Å². The second kappa shape index (κ2) is 11.4. The largest absolute Gasteiger partial charge is 0.355 e. The Morgan fingerprint density at radius 1 is 1.00 bits per heavy atom. The van der Waals surface area contributed by atoms with Gasteiger partial charge in [0.05, 0.1) is 12.2 Å². The van der Waals surface area contributed by atoms with Gasteiger partial charge in [-0.1, -0.05) is 24.2 Å². The normalized spacial score (nSPS) is 25.6. The van der Waals surface area contributed by atoms with E-state index in [0.717, 1.165) is 69.5 Å². The smallest absolute Gasteiger partial charge is 0.243 e. The van der Waals surface area contributed by atoms with E-state index in [1.165, 1.54) is 56.2 Å². The van der Waals surface area contributed by atoms with E-state index in [1.54, 1.807) is 6.20 Å². The number of piperazine rings is 1. The Morgan fingerprint density at radius 3 is 2.50 bits per heavy atom. The summed E-state index contributed by atoms with van der Waals surface area (Å²) in [5, 5.41) is 24.7. The van der Waals surface area contributed by atoms with Gasteiger partial charge in [-0.3, -0.25) is 15.0 Å². The number of hydrogen-bond donors (Lipinski definition) is 2. The molecule has 206 valence electrons. The first kappa shape index (κ1) is 25.8. The van der Waals surface area contributed by atoms with Crippen molar-refractivity contribution in [2.45, 2.75) is 69.9 Å². The highest BCUT2D eigenvalue weighted by Gasteiger charge is 2.43. The van der Waals surface area contributed by atoms with Crippen LogP contribution in [0, 0.1) is 11.3 Å². The summed E-state index contributed by atoms with van der Waals surface area (Å²) in [4.78, 5) is 24.8. The van der Waals surface area contributed by atoms with E-state index in [9.17, 15) is 4.79 Å². The molecule has 4 aliphatic rings. The van der Waals surface area contributed by atoms with Crippen molar-refractivity contribution >= 4 is 33.3 Å². The summed E-state index contributed by atoms with van der Waals surface area (Å²) in [6.45, 7) is 5.59. The highest BCUT2D eigenvalue weighted by atomic mass is 32.1. The van der Waals surface area contributed by atoms with Gasteiger partial charge in [-0.25, -0.2) is 4.98 Å². The molecule has 1 spiro atoms. The van der Waals surface area contributed by atoms with Crippen LogP contribution in [0.25, 0.3) is 0 Å². The molecule has 6 rings (SSSR count). The lowest BCUT2D eigenvalue weighted by Crippen LogP contribution is -2.56. The number of amides is 1. The number of rotatable bonds is 7. The zero-order chi connectivity index (χ0) is 26.0. The second-order valence-corrected chi connectivity index (χ2v) is 12.8. The third-order valence-corrected chi connectivity index (χ3v) is 10.1. The minimum absolute atomic E-state index is 0.0896. The molecule has 11 nitrogen and oxygen atoms in total. The van der Waals surface area contributed by atoms with E-state index in [4.69, 9.17) is 0 Å². The molecule has 2 aromatic rings. The van der Waals surface area contributed by atoms with Crippen LogP contribution in [-0.4, -0.2) is 99.5 Å². The van der Waals surface area contributed by atoms with Crippen LogP contribution in [0.1, 0.15) is 57.8 Å². The average Bonchev–Trinajstić information content (AvgIpc) is 3.70. The molecule has 1 unspecified atom stereocenters. The summed E-state index contributed by atoms with van der Waals surface area (Å²) in [5.41, 5.74) is 0.568. The van der Waals surface area contributed by atoms with Crippen LogP contribution < -0.4 is 15.5 Å². The predicted octanol–water partition coefficient (Wildman–Crippen LogP) is 2.72. The number of anilines is 3. The minimum atomic E-state index is -0.0910. The molecule has 1 amide bonds. The first-order valence-corrected chi connectivity index (χ1v) is 15.1. The van der Waals surface area contributed by atoms with Gasteiger partial charge in [0.2, 0.25) is 16.2 Å². The zero-order valence-electron chi connectivity index (χ0n) is 22.4. The predicted molar refractivity (Wildman–Crippen MR) is 148 cm³/mol. The van der Waals surface area contributed by atoms with Gasteiger partial charge in [0, 0.05) is 45.3 Å². The van der Waals surface area contributed by atoms with Crippen LogP contribution in [0.3, 0.4) is 0 Å². The summed E-state index contributed by atoms with van der Waals surface area (Å²) in [6, 6.07) is 0.142. The van der Waals surface area contributed by atoms with E-state index in [2.05, 4.69) is 57.8 Å². The first-order chi connectivity index (χ1) is 18.6. The number of nitrogens with zero attached hydrogens (tertiary/aromatic N) is 8. The van der Waals surface area contributed by atoms with E-state index >= 15 is 0 Å². The van der Waals surface area contributed by atoms with Crippen molar-refractivity contribution in [3.8, 4) is 0 Å². The summed E-state index contributed by atoms with van der Waals surface area (Å²) in [7, 11) is 2.17. The maximum Gasteiger partial charge on any atom is 0.243 e. The molecule has 2 aromatic heterocycles. The number of likely N-dealkylation sites (N-methyl/N-ethyl adjacent to an activating group) is 1. The van der Waals surface area contributed by atoms with E-state index in [1.807, 2.05) is 0 Å². The number of carbonyl (C=O) groups excluding carboxylic acids is 1. The van der Waals surface area contributed by atoms with Crippen molar-refractivity contribution in [3.05, 3.63) is 12.5 Å². The van der Waals surface area contributed by atoms with Crippen molar-refractivity contribution in [3.63, 3.8) is 0 Å². The third kappa shape index (κ3) is 5.76. The number of hydrogen-bond acceptors (Lipinski definition) is 11. The van der Waals surface area contributed by atoms with Crippen LogP contribution in [0.2, 0.25) is 0 Å². The minimum Gasteiger partial charge on any atom is -0.355 e. The maximum absolute atomic E-state index is 13.8. The van der Waals surface area contributed by atoms with Gasteiger partial charge in [0.25, 0.3) is 0 Å². The van der Waals surface area contributed by atoms with Gasteiger partial charge in [-0.15, -0.1) is 20.4 Å². The molecule has 2 aliphatic carbocycles. The van der Waals surface area contributed by atoms with Crippen molar-refractivity contribution in [1.82, 2.24) is 35.2 Å². The fraction of sp³-hybridized carbons (Fsp3) is 0.769. The standard InChI is InChI=1S/C26H40N10OS/c1-34-12-14-35(15-13-34)22(19-4-9-26(10-5-19)7-2-3-8-26)23(37)30-25-33-32-24(38-25)29-20-6-11-36(17-20)21-16-27-18-28-31-21/h16,18-20,22H,2-15,17H2,1H3,(H,29,32)(H,30,33,37)/t20-,22?/m1/s1. The molecule has 0 aromatic carbocycles. The SMILES string of the molecule is CN1CCN(C(C(=O)Nc2nnc(N[C@@H]3CCN(c4cncnn4)C3)s2)C2CCC3(CCCC3)CC2)CC1. The lowest BCUT2D eigenvalue weighted by atomic mass is 9.67. The van der Waals surface area contributed by atoms with Crippen LogP contribution in [-0.2, 0) is 4.79 Å². The molecule has 2 atom stereocenters. The fourth-order valence-corrected chi connectivity index (χ4v) is 7.85. The molecule has 2 aliphatic heterocycles. The van der Waals surface area contributed by atoms with E-state index in [-0.39, 0.29) is 18.0 Å². The molecule has 0 bridgehead atoms. The lowest BCUT2D eigenvalue weighted by Gasteiger charge is -2.44. The Labute approximate surface area is 228 Å². The Bertz CT molecular complexity index is 1060. The molecule has 2 saturated heterocycles. The van der Waals surface area contributed by atoms with Crippen molar-refractivity contribution in [1.29, 1.82) is 0 Å². The van der Waals surface area contributed by atoms with E-state index < -0.39 is 0 Å². The molecule has 4 fully saturated rings. The second-order valence-electron chi connectivity index (χ2n) is 11.8. The van der Waals surface area contributed by atoms with Crippen LogP contribution in [0.4, 0.5) is 16.1 Å². The fourth-order valence-electron chi connectivity index (χ4n) is 7.13. The summed E-state index contributed by atoms with van der Waals surface area (Å²) < 4.78 is 0. The van der Waals surface area contributed by atoms with Crippen LogP contribution >= 0.6 is 11.3 Å². The molecule has 2 saturated carbocycles. The van der Waals surface area contributed by atoms with Crippen molar-refractivity contribution in [2.24, 2.45) is 11.3 Å². The van der Waals surface area contributed by atoms with Crippen LogP contribution in [0.5, 0.6) is 0 Å². The van der Waals surface area contributed by atoms with Gasteiger partial charge in [0.15, 0.2) is 5.82 Å². The molecule has 4 heterocycles. The first-order valence-electron chi connectivity index (χ1n) is 14.3. The van der Waals surface area contributed by atoms with Crippen LogP contribution in [0.15, 0.2) is 12.5 Å². The van der Waals surface area contributed by atoms with Gasteiger partial charge in [0.1, 0.15) is 6.33 Å². The number of nitrogens with one attached hydrogen (secondary N) is 2. The molecule has 2 N–H and O–H groups in total. The van der Waals surface area contributed by atoms with Gasteiger partial charge in [-0.2, -0.15) is 0 Å². The Balaban J connectivity index is 1.08. The number of carbonyl (C=O) groups is 1. The van der Waals surface area contributed by atoms with E-state index in [0.29, 0.717) is 16.5 Å². The Hall–Kier alpha value is -2.44. The maximum atomic E-state index is 13.8. The zero-order valence-corrected chi connectivity index (χ0v) is 23.2. The molecular weight excluding hydrogens is 500 g/mol. The van der Waals surface area contributed by atoms with Gasteiger partial charge < -0.3 is 15.1 Å². The lowest BCUT2D eigenvalue weighted by molar-refractivity contribution is -0.125. The third-order valence-electron chi connectivity index (χ3n) is 9.37. The quantitative estimate of drug-likeness (QED) is 0.543. The molecule has 0 radical (unpaired) electrons. The monoisotopic (exact) mass is 540 g/mol.